The summed E-state index contributed by atoms with van der Waals surface area (Å²) in [5, 5.41) is 0.659. The number of ether oxygens (including phenoxy) is 1. The lowest BCUT2D eigenvalue weighted by molar-refractivity contribution is 0.0551. The Balaban J connectivity index is 2.48. The number of aromatic amines is 1. The summed E-state index contributed by atoms with van der Waals surface area (Å²) < 4.78 is 4.97. The zero-order valence-electron chi connectivity index (χ0n) is 10.4. The van der Waals surface area contributed by atoms with E-state index in [0.717, 1.165) is 11.3 Å². The molecule has 0 bridgehead atoms. The predicted molar refractivity (Wildman–Crippen MR) is 75.0 cm³/mol. The number of rotatable bonds is 3. The highest BCUT2D eigenvalue weighted by Gasteiger charge is 2.19. The van der Waals surface area contributed by atoms with E-state index >= 15 is 0 Å². The first-order valence-electron chi connectivity index (χ1n) is 5.40. The van der Waals surface area contributed by atoms with Gasteiger partial charge >= 0.3 is 5.97 Å². The molecule has 0 aromatic carbocycles. The minimum Gasteiger partial charge on any atom is -0.456 e. The van der Waals surface area contributed by atoms with Gasteiger partial charge in [-0.3, -0.25) is 4.79 Å². The number of hydrogen-bond acceptors (Lipinski definition) is 5. The number of H-pyrrole nitrogens is 1. The molecule has 2 rings (SSSR count). The highest BCUT2D eigenvalue weighted by atomic mass is 35.5. The third-order valence-corrected chi connectivity index (χ3v) is 3.74. The summed E-state index contributed by atoms with van der Waals surface area (Å²) in [5.41, 5.74) is 0.316. The van der Waals surface area contributed by atoms with Crippen LogP contribution < -0.4 is 5.56 Å². The van der Waals surface area contributed by atoms with Crippen molar-refractivity contribution in [1.82, 2.24) is 9.97 Å². The fraction of sp³-hybridized carbons (Fsp3) is 0.250. The van der Waals surface area contributed by atoms with Gasteiger partial charge in [0.2, 0.25) is 0 Å². The number of aryl methyl sites for hydroxylation is 2. The van der Waals surface area contributed by atoms with Crippen LogP contribution in [0.5, 0.6) is 0 Å². The third-order valence-electron chi connectivity index (χ3n) is 2.46. The van der Waals surface area contributed by atoms with E-state index in [4.69, 9.17) is 16.3 Å². The number of thiophene rings is 1. The van der Waals surface area contributed by atoms with Crippen LogP contribution in [0.3, 0.4) is 0 Å². The highest BCUT2D eigenvalue weighted by molar-refractivity contribution is 7.20. The van der Waals surface area contributed by atoms with Crippen molar-refractivity contribution >= 4 is 39.1 Å². The van der Waals surface area contributed by atoms with Crippen molar-refractivity contribution < 1.29 is 9.53 Å². The second kappa shape index (κ2) is 5.14. The molecule has 19 heavy (non-hydrogen) atoms. The first-order chi connectivity index (χ1) is 8.90. The van der Waals surface area contributed by atoms with Crippen molar-refractivity contribution in [3.05, 3.63) is 38.2 Å². The van der Waals surface area contributed by atoms with Gasteiger partial charge in [-0.15, -0.1) is 11.3 Å². The van der Waals surface area contributed by atoms with Crippen molar-refractivity contribution in [1.29, 1.82) is 0 Å². The van der Waals surface area contributed by atoms with Crippen molar-refractivity contribution in [2.75, 3.05) is 6.61 Å². The molecule has 0 radical (unpaired) electrons. The molecular formula is C12H11ClN2O3S. The van der Waals surface area contributed by atoms with Gasteiger partial charge < -0.3 is 9.72 Å². The van der Waals surface area contributed by atoms with Gasteiger partial charge in [-0.25, -0.2) is 9.78 Å². The standard InChI is InChI=1S/C12H11ClN2O3S/c1-5(13)4-18-12(17)9-6(2)8-10(16)14-7(3)15-11(8)19-9/h1,4H2,2-3H3,(H,14,15,16). The van der Waals surface area contributed by atoms with E-state index in [9.17, 15) is 9.59 Å². The fourth-order valence-electron chi connectivity index (χ4n) is 1.66. The molecular weight excluding hydrogens is 288 g/mol. The van der Waals surface area contributed by atoms with Crippen LogP contribution in [0.25, 0.3) is 10.2 Å². The minimum atomic E-state index is -0.528. The molecule has 2 aromatic rings. The number of hydrogen-bond donors (Lipinski definition) is 1. The van der Waals surface area contributed by atoms with Crippen molar-refractivity contribution in [3.8, 4) is 0 Å². The van der Waals surface area contributed by atoms with Gasteiger partial charge in [0.25, 0.3) is 5.56 Å². The Hall–Kier alpha value is -1.66. The van der Waals surface area contributed by atoms with Gasteiger partial charge in [0.1, 0.15) is 22.1 Å². The maximum atomic E-state index is 11.9. The number of nitrogens with one attached hydrogen (secondary N) is 1. The number of carbonyl (C=O) groups excluding carboxylic acids is 1. The summed E-state index contributed by atoms with van der Waals surface area (Å²) in [6.07, 6.45) is 0. The van der Waals surface area contributed by atoms with Crippen LogP contribution in [-0.2, 0) is 4.74 Å². The van der Waals surface area contributed by atoms with Crippen LogP contribution in [0, 0.1) is 13.8 Å². The smallest absolute Gasteiger partial charge is 0.349 e. The Kier molecular flexibility index (Phi) is 3.73. The number of esters is 1. The van der Waals surface area contributed by atoms with Gasteiger partial charge in [-0.2, -0.15) is 0 Å². The van der Waals surface area contributed by atoms with Gasteiger partial charge in [-0.1, -0.05) is 18.2 Å². The molecule has 0 unspecified atom stereocenters. The molecule has 0 fully saturated rings. The summed E-state index contributed by atoms with van der Waals surface area (Å²) >= 11 is 6.67. The zero-order valence-corrected chi connectivity index (χ0v) is 11.9. The van der Waals surface area contributed by atoms with Crippen molar-refractivity contribution in [2.24, 2.45) is 0 Å². The monoisotopic (exact) mass is 298 g/mol. The quantitative estimate of drug-likeness (QED) is 0.884. The molecule has 0 saturated heterocycles. The second-order valence-corrected chi connectivity index (χ2v) is 5.51. The Bertz CT molecular complexity index is 732. The second-order valence-electron chi connectivity index (χ2n) is 3.98. The minimum absolute atomic E-state index is 0.0586. The van der Waals surface area contributed by atoms with E-state index in [0.29, 0.717) is 26.5 Å². The summed E-state index contributed by atoms with van der Waals surface area (Å²) in [6.45, 7) is 6.75. The first-order valence-corrected chi connectivity index (χ1v) is 6.60. The molecule has 7 heteroatoms. The van der Waals surface area contributed by atoms with E-state index in [-0.39, 0.29) is 17.2 Å². The predicted octanol–water partition coefficient (Wildman–Crippen LogP) is 2.51. The molecule has 0 atom stereocenters. The number of carbonyl (C=O) groups is 1. The van der Waals surface area contributed by atoms with Crippen LogP contribution >= 0.6 is 22.9 Å². The van der Waals surface area contributed by atoms with E-state index in [2.05, 4.69) is 16.5 Å². The van der Waals surface area contributed by atoms with E-state index in [1.54, 1.807) is 13.8 Å². The molecule has 0 saturated carbocycles. The van der Waals surface area contributed by atoms with Gasteiger partial charge in [-0.05, 0) is 19.4 Å². The molecule has 0 aliphatic rings. The maximum absolute atomic E-state index is 11.9. The normalized spacial score (nSPS) is 10.7. The SMILES string of the molecule is C=C(Cl)COC(=O)c1sc2nc(C)[nH]c(=O)c2c1C. The summed E-state index contributed by atoms with van der Waals surface area (Å²) in [7, 11) is 0. The Labute approximate surface area is 117 Å². The van der Waals surface area contributed by atoms with Crippen LogP contribution in [0.4, 0.5) is 0 Å². The van der Waals surface area contributed by atoms with E-state index in [1.807, 2.05) is 0 Å². The van der Waals surface area contributed by atoms with Crippen molar-refractivity contribution in [3.63, 3.8) is 0 Å². The number of aromatic nitrogens is 2. The van der Waals surface area contributed by atoms with Crippen molar-refractivity contribution in [2.45, 2.75) is 13.8 Å². The number of fused-ring (bicyclic) bond motifs is 1. The molecule has 0 amide bonds. The molecule has 0 aliphatic heterocycles. The lowest BCUT2D eigenvalue weighted by atomic mass is 10.2. The molecule has 2 aromatic heterocycles. The largest absolute Gasteiger partial charge is 0.456 e. The van der Waals surface area contributed by atoms with Crippen LogP contribution in [0.1, 0.15) is 21.1 Å². The summed E-state index contributed by atoms with van der Waals surface area (Å²) in [4.78, 5) is 31.4. The topological polar surface area (TPSA) is 72.0 Å². The molecule has 5 nitrogen and oxygen atoms in total. The lowest BCUT2D eigenvalue weighted by Gasteiger charge is -2.01. The molecule has 1 N–H and O–H groups in total. The molecule has 2 heterocycles. The van der Waals surface area contributed by atoms with Crippen LogP contribution in [0.15, 0.2) is 16.4 Å². The fourth-order valence-corrected chi connectivity index (χ4v) is 2.83. The van der Waals surface area contributed by atoms with E-state index in [1.165, 1.54) is 0 Å². The molecule has 0 aliphatic carbocycles. The Morgan fingerprint density at radius 3 is 2.84 bits per heavy atom. The molecule has 100 valence electrons. The number of nitrogens with zero attached hydrogens (tertiary/aromatic N) is 1. The maximum Gasteiger partial charge on any atom is 0.349 e. The van der Waals surface area contributed by atoms with Gasteiger partial charge in [0, 0.05) is 5.03 Å². The van der Waals surface area contributed by atoms with E-state index < -0.39 is 5.97 Å². The first kappa shape index (κ1) is 13.8. The molecule has 0 spiro atoms. The average Bonchev–Trinajstić information content (AvgIpc) is 2.63. The lowest BCUT2D eigenvalue weighted by Crippen LogP contribution is -2.10. The highest BCUT2D eigenvalue weighted by Crippen LogP contribution is 2.27. The Morgan fingerprint density at radius 2 is 2.21 bits per heavy atom. The summed E-state index contributed by atoms with van der Waals surface area (Å²) in [6, 6.07) is 0. The van der Waals surface area contributed by atoms with Crippen LogP contribution in [0.2, 0.25) is 0 Å². The Morgan fingerprint density at radius 1 is 1.53 bits per heavy atom. The third kappa shape index (κ3) is 2.69. The number of halogens is 1. The zero-order chi connectivity index (χ0) is 14.2. The summed E-state index contributed by atoms with van der Waals surface area (Å²) in [5.74, 6) is -0.0212. The van der Waals surface area contributed by atoms with Crippen LogP contribution in [-0.4, -0.2) is 22.5 Å². The average molecular weight is 299 g/mol. The van der Waals surface area contributed by atoms with Gasteiger partial charge in [0.05, 0.1) is 5.39 Å². The van der Waals surface area contributed by atoms with Gasteiger partial charge in [0.15, 0.2) is 0 Å².